The summed E-state index contributed by atoms with van der Waals surface area (Å²) in [6, 6.07) is 0. The highest BCUT2D eigenvalue weighted by atomic mass is 32.2. The van der Waals surface area contributed by atoms with Crippen LogP contribution in [0.5, 0.6) is 0 Å². The minimum Gasteiger partial charge on any atom is -0.859 e. The monoisotopic (exact) mass is 226 g/mol. The van der Waals surface area contributed by atoms with E-state index in [0.29, 0.717) is 0 Å². The van der Waals surface area contributed by atoms with E-state index in [1.807, 2.05) is 0 Å². The van der Waals surface area contributed by atoms with Gasteiger partial charge in [-0.2, -0.15) is 8.42 Å². The number of hydrogen-bond donors (Lipinski definition) is 3. The summed E-state index contributed by atoms with van der Waals surface area (Å²) in [5.41, 5.74) is 0. The second-order valence-electron chi connectivity index (χ2n) is 2.71. The van der Waals surface area contributed by atoms with E-state index in [4.69, 9.17) is 9.96 Å². The molecular formula is C7H18N2O4S. The van der Waals surface area contributed by atoms with Gasteiger partial charge >= 0.3 is 0 Å². The average Bonchev–Trinajstić information content (AvgIpc) is 1.83. The number of quaternary nitrogens is 1. The lowest BCUT2D eigenvalue weighted by Gasteiger charge is -1.97. The zero-order valence-corrected chi connectivity index (χ0v) is 9.47. The standard InChI is InChI=1S/C4H10O3S.C3H5NO.H3N/c1-4(2)3-8(5,6)7;1-2-3(4)5;/h4H,3H2,1-2H3,(H,5,6,7);2H,1H2,(H2,4,5);1H3. The van der Waals surface area contributed by atoms with Gasteiger partial charge in [-0.3, -0.25) is 4.55 Å². The first kappa shape index (κ1) is 18.8. The predicted octanol–water partition coefficient (Wildman–Crippen LogP) is 0.416. The van der Waals surface area contributed by atoms with Gasteiger partial charge < -0.3 is 16.7 Å². The fraction of sp³-hybridized carbons (Fsp3) is 0.571. The minimum absolute atomic E-state index is 0. The van der Waals surface area contributed by atoms with Crippen LogP contribution in [0.1, 0.15) is 13.8 Å². The maximum absolute atomic E-state index is 10.00. The first-order valence-electron chi connectivity index (χ1n) is 3.52. The number of rotatable bonds is 3. The average molecular weight is 226 g/mol. The summed E-state index contributed by atoms with van der Waals surface area (Å²) in [5.74, 6) is -0.873. The van der Waals surface area contributed by atoms with Crippen molar-refractivity contribution in [1.29, 1.82) is 5.41 Å². The lowest BCUT2D eigenvalue weighted by atomic mass is 10.3. The predicted molar refractivity (Wildman–Crippen MR) is 55.2 cm³/mol. The Labute approximate surface area is 84.5 Å². The molecular weight excluding hydrogens is 208 g/mol. The Morgan fingerprint density at radius 2 is 1.93 bits per heavy atom. The van der Waals surface area contributed by atoms with Gasteiger partial charge in [-0.15, -0.1) is 0 Å². The third-order valence-corrected chi connectivity index (χ3v) is 1.82. The van der Waals surface area contributed by atoms with E-state index >= 15 is 0 Å². The van der Waals surface area contributed by atoms with E-state index in [2.05, 4.69) is 6.58 Å². The van der Waals surface area contributed by atoms with E-state index < -0.39 is 16.0 Å². The van der Waals surface area contributed by atoms with Crippen molar-refractivity contribution in [2.45, 2.75) is 13.8 Å². The molecule has 0 fully saturated rings. The Balaban J connectivity index is -0.000000177. The van der Waals surface area contributed by atoms with Crippen LogP contribution in [0, 0.1) is 11.3 Å². The molecule has 0 aliphatic heterocycles. The fourth-order valence-corrected chi connectivity index (χ4v) is 1.26. The van der Waals surface area contributed by atoms with Gasteiger partial charge in [0, 0.05) is 0 Å². The number of nitrogens with one attached hydrogen (secondary N) is 1. The van der Waals surface area contributed by atoms with Crippen molar-refractivity contribution in [3.63, 3.8) is 0 Å². The molecule has 6 nitrogen and oxygen atoms in total. The maximum Gasteiger partial charge on any atom is 0.265 e. The molecule has 0 atom stereocenters. The quantitative estimate of drug-likeness (QED) is 0.364. The molecule has 0 heterocycles. The van der Waals surface area contributed by atoms with Gasteiger partial charge in [0.25, 0.3) is 10.1 Å². The van der Waals surface area contributed by atoms with Crippen LogP contribution >= 0.6 is 0 Å². The normalized spacial score (nSPS) is 9.43. The summed E-state index contributed by atoms with van der Waals surface area (Å²) in [6.07, 6.45) is 0.944. The second-order valence-corrected chi connectivity index (χ2v) is 4.21. The molecule has 0 aliphatic rings. The Morgan fingerprint density at radius 3 is 1.93 bits per heavy atom. The number of hydrogen-bond acceptors (Lipinski definition) is 4. The minimum atomic E-state index is -3.72. The van der Waals surface area contributed by atoms with Crippen molar-refractivity contribution in [2.75, 3.05) is 5.75 Å². The summed E-state index contributed by atoms with van der Waals surface area (Å²) >= 11 is 0. The summed E-state index contributed by atoms with van der Waals surface area (Å²) < 4.78 is 28.2. The molecule has 6 N–H and O–H groups in total. The summed E-state index contributed by atoms with van der Waals surface area (Å²) in [6.45, 7) is 6.48. The molecule has 0 aromatic carbocycles. The highest BCUT2D eigenvalue weighted by Gasteiger charge is 2.05. The van der Waals surface area contributed by atoms with Gasteiger partial charge in [-0.25, -0.2) is 0 Å². The second kappa shape index (κ2) is 8.67. The van der Waals surface area contributed by atoms with Crippen LogP contribution in [0.4, 0.5) is 0 Å². The van der Waals surface area contributed by atoms with E-state index in [1.54, 1.807) is 13.8 Å². The first-order valence-corrected chi connectivity index (χ1v) is 5.13. The third-order valence-electron chi connectivity index (χ3n) is 0.729. The molecule has 0 spiro atoms. The summed E-state index contributed by atoms with van der Waals surface area (Å²) in [4.78, 5) is 0. The summed E-state index contributed by atoms with van der Waals surface area (Å²) in [7, 11) is -3.72. The van der Waals surface area contributed by atoms with Crippen LogP contribution in [-0.2, 0) is 10.1 Å². The van der Waals surface area contributed by atoms with Gasteiger partial charge in [-0.05, 0) is 11.8 Å². The van der Waals surface area contributed by atoms with Crippen molar-refractivity contribution in [2.24, 2.45) is 5.92 Å². The van der Waals surface area contributed by atoms with Crippen molar-refractivity contribution >= 4 is 16.0 Å². The van der Waals surface area contributed by atoms with Crippen LogP contribution in [0.15, 0.2) is 12.7 Å². The molecule has 0 saturated heterocycles. The van der Waals surface area contributed by atoms with E-state index in [1.165, 1.54) is 0 Å². The Morgan fingerprint density at radius 1 is 1.64 bits per heavy atom. The Hall–Kier alpha value is -0.920. The molecule has 0 rings (SSSR count). The molecule has 0 aliphatic carbocycles. The third kappa shape index (κ3) is 30.5. The molecule has 0 radical (unpaired) electrons. The lowest BCUT2D eigenvalue weighted by Crippen LogP contribution is -2.10. The molecule has 0 aromatic heterocycles. The Bertz CT molecular complexity index is 259. The van der Waals surface area contributed by atoms with Crippen molar-refractivity contribution in [3.8, 4) is 0 Å². The molecule has 0 unspecified atom stereocenters. The van der Waals surface area contributed by atoms with Crippen LogP contribution in [0.3, 0.4) is 0 Å². The van der Waals surface area contributed by atoms with E-state index in [0.717, 1.165) is 6.08 Å². The zero-order chi connectivity index (χ0) is 11.1. The fourth-order valence-electron chi connectivity index (χ4n) is 0.421. The lowest BCUT2D eigenvalue weighted by molar-refractivity contribution is -0.213. The highest BCUT2D eigenvalue weighted by molar-refractivity contribution is 7.85. The van der Waals surface area contributed by atoms with Crippen molar-refractivity contribution < 1.29 is 18.1 Å². The van der Waals surface area contributed by atoms with Crippen LogP contribution in [-0.4, -0.2) is 24.6 Å². The maximum atomic E-state index is 10.00. The molecule has 14 heavy (non-hydrogen) atoms. The largest absolute Gasteiger partial charge is 0.859 e. The van der Waals surface area contributed by atoms with Gasteiger partial charge in [0.1, 0.15) is 0 Å². The van der Waals surface area contributed by atoms with Crippen LogP contribution < -0.4 is 11.3 Å². The SMILES string of the molecule is C=CC(=N)[O-].CC(C)CS(=O)(=O)O.[NH4+]. The van der Waals surface area contributed by atoms with Gasteiger partial charge in [0.15, 0.2) is 0 Å². The van der Waals surface area contributed by atoms with Crippen LogP contribution in [0.2, 0.25) is 0 Å². The summed E-state index contributed by atoms with van der Waals surface area (Å²) in [5, 5.41) is 15.4. The topological polar surface area (TPSA) is 138 Å². The van der Waals surface area contributed by atoms with Crippen molar-refractivity contribution in [1.82, 2.24) is 6.15 Å². The molecule has 7 heteroatoms. The van der Waals surface area contributed by atoms with E-state index in [9.17, 15) is 13.5 Å². The van der Waals surface area contributed by atoms with Crippen LogP contribution in [0.25, 0.3) is 0 Å². The first-order chi connectivity index (χ1) is 5.69. The molecule has 86 valence electrons. The molecule has 0 amide bonds. The highest BCUT2D eigenvalue weighted by Crippen LogP contribution is 1.95. The molecule has 0 saturated carbocycles. The molecule has 0 bridgehead atoms. The zero-order valence-electron chi connectivity index (χ0n) is 8.65. The van der Waals surface area contributed by atoms with Crippen molar-refractivity contribution in [3.05, 3.63) is 12.7 Å². The van der Waals surface area contributed by atoms with E-state index in [-0.39, 0.29) is 17.8 Å². The molecule has 0 aromatic rings. The van der Waals surface area contributed by atoms with Gasteiger partial charge in [-0.1, -0.05) is 26.5 Å². The smallest absolute Gasteiger partial charge is 0.265 e. The van der Waals surface area contributed by atoms with Gasteiger partial charge in [0.2, 0.25) is 0 Å². The Kier molecular flexibility index (Phi) is 11.6. The van der Waals surface area contributed by atoms with Gasteiger partial charge in [0.05, 0.1) is 5.75 Å².